The number of hydrogen-bond acceptors (Lipinski definition) is 2. The van der Waals surface area contributed by atoms with Crippen LogP contribution in [0.15, 0.2) is 72.8 Å². The van der Waals surface area contributed by atoms with Gasteiger partial charge in [-0.05, 0) is 32.4 Å². The van der Waals surface area contributed by atoms with E-state index in [-0.39, 0.29) is 5.78 Å². The first-order valence-corrected chi connectivity index (χ1v) is 8.44. The molecule has 0 saturated carbocycles. The van der Waals surface area contributed by atoms with E-state index in [0.717, 1.165) is 22.4 Å². The number of rotatable bonds is 5. The summed E-state index contributed by atoms with van der Waals surface area (Å²) < 4.78 is 6.18. The number of aryl methyl sites for hydroxylation is 3. The first-order chi connectivity index (χ1) is 12.0. The van der Waals surface area contributed by atoms with Crippen molar-refractivity contribution in [1.82, 2.24) is 0 Å². The predicted octanol–water partition coefficient (Wildman–Crippen LogP) is 5.61. The molecule has 0 heterocycles. The van der Waals surface area contributed by atoms with Crippen LogP contribution in [0.5, 0.6) is 5.75 Å². The number of Topliss-reactive ketones (excluding diaryl/α,β-unsaturated/α-hetero) is 1. The van der Waals surface area contributed by atoms with Crippen molar-refractivity contribution in [2.75, 3.05) is 0 Å². The van der Waals surface area contributed by atoms with Crippen LogP contribution in [-0.2, 0) is 0 Å². The maximum absolute atomic E-state index is 13.1. The number of ketones is 1. The SMILES string of the molecule is Cc1ccc(C(=O)C(Oc2ccc(C)cc2C)c2ccccc2)cc1. The Hall–Kier alpha value is -2.87. The molecule has 1 unspecified atom stereocenters. The van der Waals surface area contributed by atoms with Gasteiger partial charge in [0.2, 0.25) is 5.78 Å². The predicted molar refractivity (Wildman–Crippen MR) is 101 cm³/mol. The summed E-state index contributed by atoms with van der Waals surface area (Å²) in [7, 11) is 0. The first kappa shape index (κ1) is 17.0. The number of ether oxygens (including phenoxy) is 1. The highest BCUT2D eigenvalue weighted by molar-refractivity contribution is 6.00. The fourth-order valence-corrected chi connectivity index (χ4v) is 2.83. The Morgan fingerprint density at radius 3 is 2.08 bits per heavy atom. The molecule has 3 aromatic carbocycles. The molecule has 0 aliphatic heterocycles. The molecule has 0 aliphatic rings. The molecule has 0 saturated heterocycles. The summed E-state index contributed by atoms with van der Waals surface area (Å²) in [6.07, 6.45) is -0.662. The molecule has 0 bridgehead atoms. The highest BCUT2D eigenvalue weighted by atomic mass is 16.5. The van der Waals surface area contributed by atoms with E-state index in [1.54, 1.807) is 0 Å². The van der Waals surface area contributed by atoms with Gasteiger partial charge in [-0.25, -0.2) is 0 Å². The topological polar surface area (TPSA) is 26.3 Å². The third-order valence-electron chi connectivity index (χ3n) is 4.25. The molecule has 0 spiro atoms. The van der Waals surface area contributed by atoms with Gasteiger partial charge in [0.1, 0.15) is 5.75 Å². The highest BCUT2D eigenvalue weighted by Gasteiger charge is 2.24. The monoisotopic (exact) mass is 330 g/mol. The van der Waals surface area contributed by atoms with Gasteiger partial charge in [-0.3, -0.25) is 4.79 Å². The van der Waals surface area contributed by atoms with E-state index in [1.165, 1.54) is 5.56 Å². The maximum atomic E-state index is 13.1. The second-order valence-corrected chi connectivity index (χ2v) is 6.41. The zero-order valence-electron chi connectivity index (χ0n) is 14.8. The Kier molecular flexibility index (Phi) is 4.99. The summed E-state index contributed by atoms with van der Waals surface area (Å²) in [5, 5.41) is 0. The zero-order chi connectivity index (χ0) is 17.8. The van der Waals surface area contributed by atoms with Crippen LogP contribution >= 0.6 is 0 Å². The van der Waals surface area contributed by atoms with Crippen molar-refractivity contribution >= 4 is 5.78 Å². The molecule has 0 fully saturated rings. The summed E-state index contributed by atoms with van der Waals surface area (Å²) in [4.78, 5) is 13.1. The zero-order valence-corrected chi connectivity index (χ0v) is 14.8. The minimum atomic E-state index is -0.662. The van der Waals surface area contributed by atoms with Crippen molar-refractivity contribution in [2.24, 2.45) is 0 Å². The molecule has 3 aromatic rings. The quantitative estimate of drug-likeness (QED) is 0.568. The fraction of sp³-hybridized carbons (Fsp3) is 0.174. The third kappa shape index (κ3) is 3.97. The number of carbonyl (C=O) groups is 1. The molecule has 126 valence electrons. The third-order valence-corrected chi connectivity index (χ3v) is 4.25. The average Bonchev–Trinajstić information content (AvgIpc) is 2.62. The average molecular weight is 330 g/mol. The Morgan fingerprint density at radius 1 is 0.800 bits per heavy atom. The van der Waals surface area contributed by atoms with Gasteiger partial charge in [-0.15, -0.1) is 0 Å². The second kappa shape index (κ2) is 7.35. The van der Waals surface area contributed by atoms with Crippen LogP contribution in [0.1, 0.15) is 38.7 Å². The summed E-state index contributed by atoms with van der Waals surface area (Å²) >= 11 is 0. The molecule has 25 heavy (non-hydrogen) atoms. The highest BCUT2D eigenvalue weighted by Crippen LogP contribution is 2.28. The van der Waals surface area contributed by atoms with Gasteiger partial charge in [-0.1, -0.05) is 77.9 Å². The van der Waals surface area contributed by atoms with Crippen molar-refractivity contribution in [3.05, 3.63) is 101 Å². The summed E-state index contributed by atoms with van der Waals surface area (Å²) in [6, 6.07) is 23.3. The van der Waals surface area contributed by atoms with Gasteiger partial charge < -0.3 is 4.74 Å². The Labute approximate surface area is 149 Å². The van der Waals surface area contributed by atoms with Crippen LogP contribution < -0.4 is 4.74 Å². The molecule has 1 atom stereocenters. The fourth-order valence-electron chi connectivity index (χ4n) is 2.83. The van der Waals surface area contributed by atoms with E-state index in [0.29, 0.717) is 5.56 Å². The maximum Gasteiger partial charge on any atom is 0.207 e. The molecule has 2 heteroatoms. The van der Waals surface area contributed by atoms with Gasteiger partial charge in [0.15, 0.2) is 6.10 Å². The largest absolute Gasteiger partial charge is 0.477 e. The molecule has 2 nitrogen and oxygen atoms in total. The summed E-state index contributed by atoms with van der Waals surface area (Å²) in [5.41, 5.74) is 4.84. The van der Waals surface area contributed by atoms with Crippen molar-refractivity contribution in [3.8, 4) is 5.75 Å². The Balaban J connectivity index is 1.98. The minimum Gasteiger partial charge on any atom is -0.477 e. The van der Waals surface area contributed by atoms with E-state index in [2.05, 4.69) is 6.07 Å². The van der Waals surface area contributed by atoms with Gasteiger partial charge in [-0.2, -0.15) is 0 Å². The summed E-state index contributed by atoms with van der Waals surface area (Å²) in [6.45, 7) is 6.05. The molecule has 0 radical (unpaired) electrons. The number of hydrogen-bond donors (Lipinski definition) is 0. The van der Waals surface area contributed by atoms with Crippen LogP contribution in [-0.4, -0.2) is 5.78 Å². The first-order valence-electron chi connectivity index (χ1n) is 8.44. The van der Waals surface area contributed by atoms with Crippen LogP contribution in [0.2, 0.25) is 0 Å². The molecule has 0 aromatic heterocycles. The van der Waals surface area contributed by atoms with Crippen molar-refractivity contribution in [1.29, 1.82) is 0 Å². The van der Waals surface area contributed by atoms with Gasteiger partial charge in [0, 0.05) is 11.1 Å². The molecular weight excluding hydrogens is 308 g/mol. The number of benzene rings is 3. The van der Waals surface area contributed by atoms with Gasteiger partial charge in [0.05, 0.1) is 0 Å². The van der Waals surface area contributed by atoms with E-state index in [1.807, 2.05) is 87.5 Å². The van der Waals surface area contributed by atoms with E-state index in [9.17, 15) is 4.79 Å². The standard InChI is InChI=1S/C23H22O2/c1-16-9-12-19(13-10-16)22(24)23(20-7-5-4-6-8-20)25-21-14-11-17(2)15-18(21)3/h4-15,23H,1-3H3. The Morgan fingerprint density at radius 2 is 1.44 bits per heavy atom. The normalized spacial score (nSPS) is 11.8. The molecule has 3 rings (SSSR count). The molecular formula is C23H22O2. The molecule has 0 N–H and O–H groups in total. The van der Waals surface area contributed by atoms with E-state index < -0.39 is 6.10 Å². The lowest BCUT2D eigenvalue weighted by atomic mass is 9.99. The second-order valence-electron chi connectivity index (χ2n) is 6.41. The minimum absolute atomic E-state index is 0.0359. The van der Waals surface area contributed by atoms with Crippen molar-refractivity contribution in [2.45, 2.75) is 26.9 Å². The Bertz CT molecular complexity index is 864. The van der Waals surface area contributed by atoms with Gasteiger partial charge in [0.25, 0.3) is 0 Å². The van der Waals surface area contributed by atoms with Crippen molar-refractivity contribution < 1.29 is 9.53 Å². The van der Waals surface area contributed by atoms with Crippen molar-refractivity contribution in [3.63, 3.8) is 0 Å². The lowest BCUT2D eigenvalue weighted by Gasteiger charge is -2.20. The molecule has 0 amide bonds. The lowest BCUT2D eigenvalue weighted by Crippen LogP contribution is -2.19. The van der Waals surface area contributed by atoms with Crippen LogP contribution in [0.25, 0.3) is 0 Å². The molecule has 0 aliphatic carbocycles. The van der Waals surface area contributed by atoms with Crippen LogP contribution in [0, 0.1) is 20.8 Å². The smallest absolute Gasteiger partial charge is 0.207 e. The van der Waals surface area contributed by atoms with Crippen LogP contribution in [0.3, 0.4) is 0 Å². The van der Waals surface area contributed by atoms with E-state index in [4.69, 9.17) is 4.74 Å². The van der Waals surface area contributed by atoms with E-state index >= 15 is 0 Å². The number of carbonyl (C=O) groups excluding carboxylic acids is 1. The summed E-state index contributed by atoms with van der Waals surface area (Å²) in [5.74, 6) is 0.700. The lowest BCUT2D eigenvalue weighted by molar-refractivity contribution is 0.0791. The van der Waals surface area contributed by atoms with Gasteiger partial charge >= 0.3 is 0 Å². The van der Waals surface area contributed by atoms with Crippen LogP contribution in [0.4, 0.5) is 0 Å².